The maximum atomic E-state index is 12.1. The van der Waals surface area contributed by atoms with E-state index in [0.717, 1.165) is 25.8 Å². The summed E-state index contributed by atoms with van der Waals surface area (Å²) in [5, 5.41) is 2.88. The van der Waals surface area contributed by atoms with Crippen LogP contribution in [0.3, 0.4) is 0 Å². The standard InChI is InChI=1S/C12H24N2O2S/c1-12(6-3-2-4-7-12)10-14-17(15,16)11-5-8-13-9-11/h11,13-14H,2-10H2,1H3. The normalized spacial score (nSPS) is 29.4. The molecule has 4 nitrogen and oxygen atoms in total. The highest BCUT2D eigenvalue weighted by Crippen LogP contribution is 2.35. The fourth-order valence-corrected chi connectivity index (χ4v) is 4.42. The lowest BCUT2D eigenvalue weighted by Gasteiger charge is -2.33. The van der Waals surface area contributed by atoms with E-state index in [0.29, 0.717) is 13.1 Å². The second-order valence-electron chi connectivity index (χ2n) is 5.85. The van der Waals surface area contributed by atoms with E-state index < -0.39 is 10.0 Å². The molecule has 2 fully saturated rings. The van der Waals surface area contributed by atoms with E-state index in [-0.39, 0.29) is 10.7 Å². The Kier molecular flexibility index (Phi) is 4.10. The number of rotatable bonds is 4. The molecule has 1 saturated carbocycles. The van der Waals surface area contributed by atoms with Crippen LogP contribution in [0.2, 0.25) is 0 Å². The first-order chi connectivity index (χ1) is 8.02. The topological polar surface area (TPSA) is 58.2 Å². The summed E-state index contributed by atoms with van der Waals surface area (Å²) in [6.07, 6.45) is 6.82. The van der Waals surface area contributed by atoms with Gasteiger partial charge < -0.3 is 5.32 Å². The Morgan fingerprint density at radius 1 is 1.29 bits per heavy atom. The highest BCUT2D eigenvalue weighted by atomic mass is 32.2. The molecule has 17 heavy (non-hydrogen) atoms. The first-order valence-corrected chi connectivity index (χ1v) is 8.26. The maximum absolute atomic E-state index is 12.1. The molecule has 1 aliphatic carbocycles. The summed E-state index contributed by atoms with van der Waals surface area (Å²) in [6, 6.07) is 0. The molecule has 5 heteroatoms. The van der Waals surface area contributed by atoms with Crippen LogP contribution in [0.1, 0.15) is 45.4 Å². The second kappa shape index (κ2) is 5.24. The third-order valence-electron chi connectivity index (χ3n) is 4.21. The average Bonchev–Trinajstić information content (AvgIpc) is 2.82. The third kappa shape index (κ3) is 3.42. The van der Waals surface area contributed by atoms with E-state index >= 15 is 0 Å². The number of sulfonamides is 1. The molecule has 1 atom stereocenters. The number of nitrogens with one attached hydrogen (secondary N) is 2. The minimum Gasteiger partial charge on any atom is -0.315 e. The van der Waals surface area contributed by atoms with Gasteiger partial charge in [0.05, 0.1) is 5.25 Å². The van der Waals surface area contributed by atoms with Crippen LogP contribution in [0.4, 0.5) is 0 Å². The van der Waals surface area contributed by atoms with Crippen LogP contribution in [-0.4, -0.2) is 33.3 Å². The fourth-order valence-electron chi connectivity index (χ4n) is 2.87. The monoisotopic (exact) mass is 260 g/mol. The van der Waals surface area contributed by atoms with Crippen LogP contribution in [0.15, 0.2) is 0 Å². The molecule has 0 radical (unpaired) electrons. The summed E-state index contributed by atoms with van der Waals surface area (Å²) in [5.74, 6) is 0. The molecular weight excluding hydrogens is 236 g/mol. The summed E-state index contributed by atoms with van der Waals surface area (Å²) in [4.78, 5) is 0. The van der Waals surface area contributed by atoms with E-state index in [2.05, 4.69) is 17.0 Å². The predicted molar refractivity (Wildman–Crippen MR) is 69.4 cm³/mol. The molecule has 0 aromatic carbocycles. The van der Waals surface area contributed by atoms with E-state index in [1.807, 2.05) is 0 Å². The van der Waals surface area contributed by atoms with Gasteiger partial charge in [0.1, 0.15) is 0 Å². The second-order valence-corrected chi connectivity index (χ2v) is 7.90. The molecule has 2 N–H and O–H groups in total. The van der Waals surface area contributed by atoms with Crippen molar-refractivity contribution in [2.24, 2.45) is 5.41 Å². The Balaban J connectivity index is 1.88. The van der Waals surface area contributed by atoms with E-state index in [1.165, 1.54) is 19.3 Å². The lowest BCUT2D eigenvalue weighted by Crippen LogP contribution is -2.42. The van der Waals surface area contributed by atoms with Gasteiger partial charge >= 0.3 is 0 Å². The molecule has 0 amide bonds. The Morgan fingerprint density at radius 2 is 2.00 bits per heavy atom. The molecule has 0 bridgehead atoms. The Hall–Kier alpha value is -0.130. The summed E-state index contributed by atoms with van der Waals surface area (Å²) < 4.78 is 27.0. The van der Waals surface area contributed by atoms with Crippen molar-refractivity contribution in [1.82, 2.24) is 10.0 Å². The van der Waals surface area contributed by atoms with E-state index in [4.69, 9.17) is 0 Å². The van der Waals surface area contributed by atoms with Gasteiger partial charge in [0.2, 0.25) is 10.0 Å². The van der Waals surface area contributed by atoms with Gasteiger partial charge in [-0.3, -0.25) is 0 Å². The van der Waals surface area contributed by atoms with Crippen LogP contribution in [0.25, 0.3) is 0 Å². The van der Waals surface area contributed by atoms with Crippen LogP contribution in [-0.2, 0) is 10.0 Å². The summed E-state index contributed by atoms with van der Waals surface area (Å²) >= 11 is 0. The largest absolute Gasteiger partial charge is 0.315 e. The lowest BCUT2D eigenvalue weighted by atomic mass is 9.76. The summed E-state index contributed by atoms with van der Waals surface area (Å²) in [6.45, 7) is 4.25. The van der Waals surface area contributed by atoms with Crippen LogP contribution >= 0.6 is 0 Å². The molecule has 0 spiro atoms. The summed E-state index contributed by atoms with van der Waals surface area (Å²) in [7, 11) is -3.11. The molecule has 0 aromatic rings. The van der Waals surface area contributed by atoms with Crippen molar-refractivity contribution in [3.8, 4) is 0 Å². The van der Waals surface area contributed by atoms with Gasteiger partial charge in [0, 0.05) is 13.1 Å². The average molecular weight is 260 g/mol. The highest BCUT2D eigenvalue weighted by molar-refractivity contribution is 7.90. The van der Waals surface area contributed by atoms with Crippen molar-refractivity contribution < 1.29 is 8.42 Å². The Labute approximate surface area is 105 Å². The van der Waals surface area contributed by atoms with E-state index in [1.54, 1.807) is 0 Å². The minimum atomic E-state index is -3.11. The highest BCUT2D eigenvalue weighted by Gasteiger charge is 2.32. The van der Waals surface area contributed by atoms with Gasteiger partial charge in [-0.1, -0.05) is 26.2 Å². The van der Waals surface area contributed by atoms with Crippen LogP contribution < -0.4 is 10.0 Å². The van der Waals surface area contributed by atoms with Crippen molar-refractivity contribution in [2.75, 3.05) is 19.6 Å². The molecule has 2 aliphatic rings. The fraction of sp³-hybridized carbons (Fsp3) is 1.00. The Bertz CT molecular complexity index is 342. The Morgan fingerprint density at radius 3 is 2.59 bits per heavy atom. The molecule has 1 heterocycles. The molecule has 0 aromatic heterocycles. The van der Waals surface area contributed by atoms with Crippen molar-refractivity contribution in [3.63, 3.8) is 0 Å². The van der Waals surface area contributed by atoms with Gasteiger partial charge in [-0.2, -0.15) is 0 Å². The van der Waals surface area contributed by atoms with Crippen molar-refractivity contribution in [3.05, 3.63) is 0 Å². The van der Waals surface area contributed by atoms with Crippen molar-refractivity contribution >= 4 is 10.0 Å². The van der Waals surface area contributed by atoms with Gasteiger partial charge in [-0.15, -0.1) is 0 Å². The SMILES string of the molecule is CC1(CNS(=O)(=O)C2CCNC2)CCCCC1. The third-order valence-corrected chi connectivity index (χ3v) is 6.04. The minimum absolute atomic E-state index is 0.178. The van der Waals surface area contributed by atoms with Crippen LogP contribution in [0, 0.1) is 5.41 Å². The zero-order valence-electron chi connectivity index (χ0n) is 10.7. The van der Waals surface area contributed by atoms with Crippen LogP contribution in [0.5, 0.6) is 0 Å². The number of hydrogen-bond acceptors (Lipinski definition) is 3. The molecule has 1 unspecified atom stereocenters. The maximum Gasteiger partial charge on any atom is 0.215 e. The van der Waals surface area contributed by atoms with Gasteiger partial charge in [0.25, 0.3) is 0 Å². The number of hydrogen-bond donors (Lipinski definition) is 2. The van der Waals surface area contributed by atoms with Crippen molar-refractivity contribution in [2.45, 2.75) is 50.7 Å². The molecule has 2 rings (SSSR count). The lowest BCUT2D eigenvalue weighted by molar-refractivity contribution is 0.219. The first kappa shape index (κ1) is 13.3. The molecule has 1 aliphatic heterocycles. The van der Waals surface area contributed by atoms with Crippen molar-refractivity contribution in [1.29, 1.82) is 0 Å². The van der Waals surface area contributed by atoms with Gasteiger partial charge in [-0.25, -0.2) is 13.1 Å². The predicted octanol–water partition coefficient (Wildman–Crippen LogP) is 1.24. The zero-order valence-corrected chi connectivity index (χ0v) is 11.5. The van der Waals surface area contributed by atoms with Gasteiger partial charge in [-0.05, 0) is 31.2 Å². The van der Waals surface area contributed by atoms with E-state index in [9.17, 15) is 8.42 Å². The summed E-state index contributed by atoms with van der Waals surface area (Å²) in [5.41, 5.74) is 0.178. The van der Waals surface area contributed by atoms with Gasteiger partial charge in [0.15, 0.2) is 0 Å². The smallest absolute Gasteiger partial charge is 0.215 e. The quantitative estimate of drug-likeness (QED) is 0.799. The molecular formula is C12H24N2O2S. The zero-order chi connectivity index (χ0) is 12.4. The molecule has 100 valence electrons. The molecule has 1 saturated heterocycles. The first-order valence-electron chi connectivity index (χ1n) is 6.71.